The summed E-state index contributed by atoms with van der Waals surface area (Å²) in [5.74, 6) is 0. The number of morpholine rings is 1. The lowest BCUT2D eigenvalue weighted by molar-refractivity contribution is -0.00523. The molecule has 0 N–H and O–H groups in total. The van der Waals surface area contributed by atoms with Crippen LogP contribution in [0.1, 0.15) is 26.5 Å². The molecule has 0 aliphatic carbocycles. The second-order valence-corrected chi connectivity index (χ2v) is 4.52. The summed E-state index contributed by atoms with van der Waals surface area (Å²) in [7, 11) is 0. The normalized spacial score (nSPS) is 25.8. The highest BCUT2D eigenvalue weighted by Crippen LogP contribution is 2.19. The summed E-state index contributed by atoms with van der Waals surface area (Å²) >= 11 is 0. The molecule has 1 aliphatic rings. The van der Waals surface area contributed by atoms with Gasteiger partial charge in [-0.15, -0.1) is 0 Å². The molecule has 1 aliphatic heterocycles. The van der Waals surface area contributed by atoms with Crippen LogP contribution in [0.25, 0.3) is 0 Å². The van der Waals surface area contributed by atoms with E-state index in [0.29, 0.717) is 12.2 Å². The molecular weight excluding hydrogens is 200 g/mol. The number of anilines is 1. The Bertz CT molecular complexity index is 326. The van der Waals surface area contributed by atoms with Gasteiger partial charge in [0.05, 0.1) is 24.1 Å². The zero-order chi connectivity index (χ0) is 11.5. The maximum absolute atomic E-state index is 5.72. The molecule has 2 rings (SSSR count). The van der Waals surface area contributed by atoms with Crippen molar-refractivity contribution in [2.45, 2.75) is 39.4 Å². The summed E-state index contributed by atoms with van der Waals surface area (Å²) < 4.78 is 5.72. The van der Waals surface area contributed by atoms with E-state index < -0.39 is 0 Å². The average Bonchev–Trinajstić information content (AvgIpc) is 2.28. The van der Waals surface area contributed by atoms with E-state index in [9.17, 15) is 0 Å². The molecule has 16 heavy (non-hydrogen) atoms. The Labute approximate surface area is 97.4 Å². The summed E-state index contributed by atoms with van der Waals surface area (Å²) in [6, 6.07) is 4.27. The number of rotatable bonds is 2. The number of ether oxygens (including phenoxy) is 1. The molecule has 0 unspecified atom stereocenters. The van der Waals surface area contributed by atoms with Gasteiger partial charge in [0.2, 0.25) is 0 Å². The third-order valence-corrected chi connectivity index (χ3v) is 2.96. The van der Waals surface area contributed by atoms with Crippen molar-refractivity contribution in [3.05, 3.63) is 24.0 Å². The molecule has 3 nitrogen and oxygen atoms in total. The minimum atomic E-state index is 0.301. The lowest BCUT2D eigenvalue weighted by atomic mass is 10.2. The smallest absolute Gasteiger partial charge is 0.0726 e. The fourth-order valence-corrected chi connectivity index (χ4v) is 2.20. The van der Waals surface area contributed by atoms with Crippen LogP contribution < -0.4 is 4.90 Å². The van der Waals surface area contributed by atoms with Gasteiger partial charge in [-0.2, -0.15) is 0 Å². The predicted octanol–water partition coefficient (Wildman–Crippen LogP) is 2.26. The lowest BCUT2D eigenvalue weighted by Crippen LogP contribution is -2.45. The van der Waals surface area contributed by atoms with Crippen LogP contribution in [-0.2, 0) is 11.2 Å². The highest BCUT2D eigenvalue weighted by molar-refractivity contribution is 5.45. The van der Waals surface area contributed by atoms with Crippen LogP contribution in [0.15, 0.2) is 18.3 Å². The Balaban J connectivity index is 2.10. The molecule has 2 heterocycles. The van der Waals surface area contributed by atoms with Crippen LogP contribution in [0.4, 0.5) is 5.69 Å². The van der Waals surface area contributed by atoms with Crippen LogP contribution >= 0.6 is 0 Å². The number of aromatic nitrogens is 1. The summed E-state index contributed by atoms with van der Waals surface area (Å²) in [5.41, 5.74) is 2.36. The standard InChI is InChI=1S/C13H20N2O/c1-4-12-5-6-13(7-14-12)15-8-10(2)16-11(3)9-15/h5-7,10-11H,4,8-9H2,1-3H3/t10-,11+. The Morgan fingerprint density at radius 2 is 2.00 bits per heavy atom. The Hall–Kier alpha value is -1.09. The van der Waals surface area contributed by atoms with E-state index in [0.717, 1.165) is 25.2 Å². The molecule has 2 atom stereocenters. The van der Waals surface area contributed by atoms with Crippen molar-refractivity contribution in [1.29, 1.82) is 0 Å². The van der Waals surface area contributed by atoms with Gasteiger partial charge in [0.25, 0.3) is 0 Å². The minimum Gasteiger partial charge on any atom is -0.372 e. The van der Waals surface area contributed by atoms with Crippen molar-refractivity contribution in [1.82, 2.24) is 4.98 Å². The van der Waals surface area contributed by atoms with E-state index in [1.807, 2.05) is 6.20 Å². The van der Waals surface area contributed by atoms with Gasteiger partial charge in [0.15, 0.2) is 0 Å². The highest BCUT2D eigenvalue weighted by atomic mass is 16.5. The molecule has 1 aromatic heterocycles. The van der Waals surface area contributed by atoms with Gasteiger partial charge in [-0.3, -0.25) is 4.98 Å². The van der Waals surface area contributed by atoms with Crippen molar-refractivity contribution < 1.29 is 4.74 Å². The molecule has 3 heteroatoms. The first-order valence-electron chi connectivity index (χ1n) is 6.04. The molecule has 0 spiro atoms. The largest absolute Gasteiger partial charge is 0.372 e. The SMILES string of the molecule is CCc1ccc(N2C[C@@H](C)O[C@@H](C)C2)cn1. The first-order valence-corrected chi connectivity index (χ1v) is 6.04. The minimum absolute atomic E-state index is 0.301. The van der Waals surface area contributed by atoms with Gasteiger partial charge in [-0.05, 0) is 32.4 Å². The van der Waals surface area contributed by atoms with Gasteiger partial charge in [0, 0.05) is 18.8 Å². The van der Waals surface area contributed by atoms with E-state index in [2.05, 4.69) is 42.8 Å². The maximum Gasteiger partial charge on any atom is 0.0726 e. The second-order valence-electron chi connectivity index (χ2n) is 4.52. The average molecular weight is 220 g/mol. The van der Waals surface area contributed by atoms with Crippen molar-refractivity contribution in [2.24, 2.45) is 0 Å². The highest BCUT2D eigenvalue weighted by Gasteiger charge is 2.22. The van der Waals surface area contributed by atoms with Gasteiger partial charge in [-0.1, -0.05) is 6.92 Å². The second kappa shape index (κ2) is 4.83. The Kier molecular flexibility index (Phi) is 3.44. The predicted molar refractivity (Wildman–Crippen MR) is 65.8 cm³/mol. The number of hydrogen-bond donors (Lipinski definition) is 0. The fourth-order valence-electron chi connectivity index (χ4n) is 2.20. The quantitative estimate of drug-likeness (QED) is 0.764. The molecule has 1 saturated heterocycles. The van der Waals surface area contributed by atoms with Gasteiger partial charge in [0.1, 0.15) is 0 Å². The number of nitrogens with zero attached hydrogens (tertiary/aromatic N) is 2. The summed E-state index contributed by atoms with van der Waals surface area (Å²) in [6.45, 7) is 8.28. The molecular formula is C13H20N2O. The zero-order valence-electron chi connectivity index (χ0n) is 10.3. The van der Waals surface area contributed by atoms with Crippen LogP contribution in [0.2, 0.25) is 0 Å². The molecule has 0 radical (unpaired) electrons. The van der Waals surface area contributed by atoms with Crippen molar-refractivity contribution >= 4 is 5.69 Å². The van der Waals surface area contributed by atoms with Crippen LogP contribution in [-0.4, -0.2) is 30.3 Å². The lowest BCUT2D eigenvalue weighted by Gasteiger charge is -2.36. The number of pyridine rings is 1. The van der Waals surface area contributed by atoms with E-state index in [1.165, 1.54) is 5.69 Å². The molecule has 0 bridgehead atoms. The molecule has 1 fully saturated rings. The van der Waals surface area contributed by atoms with Gasteiger partial charge in [-0.25, -0.2) is 0 Å². The zero-order valence-corrected chi connectivity index (χ0v) is 10.3. The van der Waals surface area contributed by atoms with Crippen LogP contribution in [0.5, 0.6) is 0 Å². The first kappa shape index (κ1) is 11.4. The van der Waals surface area contributed by atoms with E-state index in [-0.39, 0.29) is 0 Å². The van der Waals surface area contributed by atoms with E-state index in [1.54, 1.807) is 0 Å². The maximum atomic E-state index is 5.72. The first-order chi connectivity index (χ1) is 7.69. The van der Waals surface area contributed by atoms with Crippen LogP contribution in [0, 0.1) is 0 Å². The molecule has 0 amide bonds. The van der Waals surface area contributed by atoms with E-state index >= 15 is 0 Å². The van der Waals surface area contributed by atoms with Gasteiger partial charge >= 0.3 is 0 Å². The Morgan fingerprint density at radius 3 is 2.50 bits per heavy atom. The molecule has 1 aromatic rings. The topological polar surface area (TPSA) is 25.4 Å². The summed E-state index contributed by atoms with van der Waals surface area (Å²) in [5, 5.41) is 0. The molecule has 0 saturated carbocycles. The third-order valence-electron chi connectivity index (χ3n) is 2.96. The fraction of sp³-hybridized carbons (Fsp3) is 0.615. The number of hydrogen-bond acceptors (Lipinski definition) is 3. The van der Waals surface area contributed by atoms with Crippen molar-refractivity contribution in [2.75, 3.05) is 18.0 Å². The van der Waals surface area contributed by atoms with Crippen LogP contribution in [0.3, 0.4) is 0 Å². The monoisotopic (exact) mass is 220 g/mol. The van der Waals surface area contributed by atoms with Gasteiger partial charge < -0.3 is 9.64 Å². The third kappa shape index (κ3) is 2.53. The van der Waals surface area contributed by atoms with E-state index in [4.69, 9.17) is 4.74 Å². The summed E-state index contributed by atoms with van der Waals surface area (Å²) in [4.78, 5) is 6.79. The summed E-state index contributed by atoms with van der Waals surface area (Å²) in [6.07, 6.45) is 3.57. The number of aryl methyl sites for hydroxylation is 1. The molecule has 0 aromatic carbocycles. The molecule has 88 valence electrons. The van der Waals surface area contributed by atoms with Crippen molar-refractivity contribution in [3.8, 4) is 0 Å². The Morgan fingerprint density at radius 1 is 1.31 bits per heavy atom. The van der Waals surface area contributed by atoms with Crippen molar-refractivity contribution in [3.63, 3.8) is 0 Å².